The zero-order valence-corrected chi connectivity index (χ0v) is 22.3. The van der Waals surface area contributed by atoms with E-state index in [0.29, 0.717) is 24.3 Å². The van der Waals surface area contributed by atoms with Crippen LogP contribution in [-0.4, -0.2) is 83.3 Å². The minimum absolute atomic E-state index is 0.174. The molecule has 2 bridgehead atoms. The van der Waals surface area contributed by atoms with Crippen LogP contribution in [0.2, 0.25) is 0 Å². The molecule has 3 heterocycles. The van der Waals surface area contributed by atoms with Crippen LogP contribution in [0.15, 0.2) is 36.9 Å². The van der Waals surface area contributed by atoms with E-state index in [4.69, 9.17) is 14.2 Å². The minimum Gasteiger partial charge on any atom is -0.497 e. The molecule has 7 atom stereocenters. The summed E-state index contributed by atoms with van der Waals surface area (Å²) in [4.78, 5) is 44.1. The van der Waals surface area contributed by atoms with E-state index in [-0.39, 0.29) is 36.4 Å². The number of rotatable bonds is 10. The number of halogens is 1. The number of carbonyl (C=O) groups is 3. The topological polar surface area (TPSA) is 106 Å². The average Bonchev–Trinajstić information content (AvgIpc) is 3.47. The van der Waals surface area contributed by atoms with Gasteiger partial charge in [-0.25, -0.2) is 0 Å². The Morgan fingerprint density at radius 1 is 1.36 bits per heavy atom. The summed E-state index contributed by atoms with van der Waals surface area (Å²) in [5, 5.41) is 10.2. The molecule has 3 aliphatic heterocycles. The van der Waals surface area contributed by atoms with Crippen LogP contribution in [0.1, 0.15) is 26.7 Å². The molecule has 1 unspecified atom stereocenters. The van der Waals surface area contributed by atoms with Gasteiger partial charge in [-0.05, 0) is 44.0 Å². The molecule has 1 spiro atoms. The number of ether oxygens (including phenoxy) is 3. The van der Waals surface area contributed by atoms with Crippen LogP contribution >= 0.6 is 15.9 Å². The number of methoxy groups -OCH3 is 1. The first-order chi connectivity index (χ1) is 17.3. The molecule has 9 nitrogen and oxygen atoms in total. The molecule has 196 valence electrons. The molecule has 10 heteroatoms. The largest absolute Gasteiger partial charge is 0.497 e. The van der Waals surface area contributed by atoms with Gasteiger partial charge in [0.25, 0.3) is 5.91 Å². The van der Waals surface area contributed by atoms with Gasteiger partial charge in [-0.15, -0.1) is 6.58 Å². The summed E-state index contributed by atoms with van der Waals surface area (Å²) < 4.78 is 17.0. The van der Waals surface area contributed by atoms with Gasteiger partial charge in [0.15, 0.2) is 0 Å². The maximum absolute atomic E-state index is 14.4. The first-order valence-electron chi connectivity index (χ1n) is 12.3. The lowest BCUT2D eigenvalue weighted by atomic mass is 9.70. The molecule has 0 radical (unpaired) electrons. The average molecular weight is 565 g/mol. The van der Waals surface area contributed by atoms with Crippen molar-refractivity contribution in [1.82, 2.24) is 4.90 Å². The number of hydrogen-bond donors (Lipinski definition) is 1. The summed E-state index contributed by atoms with van der Waals surface area (Å²) in [7, 11) is 1.56. The van der Waals surface area contributed by atoms with Gasteiger partial charge in [0.1, 0.15) is 17.4 Å². The summed E-state index contributed by atoms with van der Waals surface area (Å²) in [6.07, 6.45) is 1.84. The minimum atomic E-state index is -1.22. The van der Waals surface area contributed by atoms with Crippen molar-refractivity contribution in [1.29, 1.82) is 0 Å². The van der Waals surface area contributed by atoms with Gasteiger partial charge in [0.2, 0.25) is 5.91 Å². The van der Waals surface area contributed by atoms with E-state index in [2.05, 4.69) is 22.5 Å². The molecule has 0 saturated carbocycles. The number of hydrogen-bond acceptors (Lipinski definition) is 7. The predicted molar refractivity (Wildman–Crippen MR) is 136 cm³/mol. The number of anilines is 1. The van der Waals surface area contributed by atoms with Crippen LogP contribution in [0.4, 0.5) is 5.69 Å². The first-order valence-corrected chi connectivity index (χ1v) is 13.2. The number of aliphatic hydroxyl groups is 1. The number of nitrogens with zero attached hydrogens (tertiary/aromatic N) is 2. The van der Waals surface area contributed by atoms with Crippen molar-refractivity contribution in [3.8, 4) is 5.75 Å². The number of alkyl halides is 1. The molecule has 3 aliphatic rings. The molecule has 3 saturated heterocycles. The second-order valence-corrected chi connectivity index (χ2v) is 10.5. The molecule has 1 aromatic carbocycles. The van der Waals surface area contributed by atoms with Gasteiger partial charge in [0.05, 0.1) is 44.3 Å². The lowest BCUT2D eigenvalue weighted by Gasteiger charge is -2.39. The van der Waals surface area contributed by atoms with E-state index in [0.717, 1.165) is 0 Å². The van der Waals surface area contributed by atoms with Crippen molar-refractivity contribution >= 4 is 39.4 Å². The summed E-state index contributed by atoms with van der Waals surface area (Å²) in [6, 6.07) is 5.40. The van der Waals surface area contributed by atoms with E-state index in [1.54, 1.807) is 49.3 Å². The summed E-state index contributed by atoms with van der Waals surface area (Å²) >= 11 is 3.64. The lowest BCUT2D eigenvalue weighted by molar-refractivity contribution is -0.155. The van der Waals surface area contributed by atoms with Crippen molar-refractivity contribution in [2.24, 2.45) is 11.8 Å². The third kappa shape index (κ3) is 4.03. The zero-order valence-electron chi connectivity index (χ0n) is 20.8. The second-order valence-electron chi connectivity index (χ2n) is 9.34. The lowest BCUT2D eigenvalue weighted by Crippen LogP contribution is -2.59. The van der Waals surface area contributed by atoms with Gasteiger partial charge in [-0.3, -0.25) is 14.4 Å². The van der Waals surface area contributed by atoms with Crippen LogP contribution in [0.5, 0.6) is 5.75 Å². The molecule has 2 amide bonds. The Morgan fingerprint density at radius 2 is 2.06 bits per heavy atom. The molecule has 1 N–H and O–H groups in total. The summed E-state index contributed by atoms with van der Waals surface area (Å²) in [6.45, 7) is 7.43. The Bertz CT molecular complexity index is 1010. The third-order valence-electron chi connectivity index (χ3n) is 7.56. The monoisotopic (exact) mass is 564 g/mol. The first kappa shape index (κ1) is 26.6. The Balaban J connectivity index is 1.82. The van der Waals surface area contributed by atoms with E-state index in [9.17, 15) is 19.5 Å². The van der Waals surface area contributed by atoms with Crippen molar-refractivity contribution in [2.75, 3.05) is 31.8 Å². The van der Waals surface area contributed by atoms with Crippen LogP contribution in [0.3, 0.4) is 0 Å². The van der Waals surface area contributed by atoms with Gasteiger partial charge in [-0.2, -0.15) is 0 Å². The standard InChI is InChI=1S/C26H33BrN2O7/c1-5-12-28(16-8-10-17(34-4)11-9-16)24(32)22-26-13-18(27)21(36-26)19(25(33)35-7-3)20(26)23(31)29(22)15(6-2)14-30/h5,8-11,15,18-22,30H,1,6-7,12-14H2,2-4H3/t15-,18?,19+,20-,21+,22+,26-/m0/s1. The fourth-order valence-electron chi connectivity index (χ4n) is 6.02. The van der Waals surface area contributed by atoms with Gasteiger partial charge in [0, 0.05) is 17.1 Å². The number of benzene rings is 1. The molecule has 1 aromatic rings. The fraction of sp³-hybridized carbons (Fsp3) is 0.577. The van der Waals surface area contributed by atoms with E-state index < -0.39 is 41.6 Å². The highest BCUT2D eigenvalue weighted by atomic mass is 79.9. The van der Waals surface area contributed by atoms with Crippen LogP contribution in [0.25, 0.3) is 0 Å². The molecule has 0 aromatic heterocycles. The van der Waals surface area contributed by atoms with Gasteiger partial charge < -0.3 is 29.1 Å². The highest BCUT2D eigenvalue weighted by molar-refractivity contribution is 9.09. The molecule has 0 aliphatic carbocycles. The third-order valence-corrected chi connectivity index (χ3v) is 8.40. The Hall–Kier alpha value is -2.43. The van der Waals surface area contributed by atoms with Crippen molar-refractivity contribution in [3.63, 3.8) is 0 Å². The smallest absolute Gasteiger partial charge is 0.312 e. The number of aliphatic hydroxyl groups excluding tert-OH is 1. The number of carbonyl (C=O) groups excluding carboxylic acids is 3. The van der Waals surface area contributed by atoms with Crippen LogP contribution in [0, 0.1) is 11.8 Å². The van der Waals surface area contributed by atoms with Crippen molar-refractivity contribution in [2.45, 2.75) is 55.3 Å². The van der Waals surface area contributed by atoms with Crippen LogP contribution in [-0.2, 0) is 23.9 Å². The molecule has 3 fully saturated rings. The maximum atomic E-state index is 14.4. The normalized spacial score (nSPS) is 31.2. The van der Waals surface area contributed by atoms with Crippen LogP contribution < -0.4 is 9.64 Å². The van der Waals surface area contributed by atoms with Gasteiger partial charge in [-0.1, -0.05) is 28.9 Å². The second kappa shape index (κ2) is 10.5. The van der Waals surface area contributed by atoms with Crippen molar-refractivity contribution in [3.05, 3.63) is 36.9 Å². The van der Waals surface area contributed by atoms with E-state index in [1.165, 1.54) is 4.90 Å². The van der Waals surface area contributed by atoms with E-state index in [1.807, 2.05) is 6.92 Å². The molecular weight excluding hydrogens is 532 g/mol. The quantitative estimate of drug-likeness (QED) is 0.264. The van der Waals surface area contributed by atoms with E-state index >= 15 is 0 Å². The predicted octanol–water partition coefficient (Wildman–Crippen LogP) is 2.30. The van der Waals surface area contributed by atoms with Crippen molar-refractivity contribution < 1.29 is 33.7 Å². The maximum Gasteiger partial charge on any atom is 0.312 e. The number of likely N-dealkylation sites (tertiary alicyclic amines) is 1. The highest BCUT2D eigenvalue weighted by Crippen LogP contribution is 2.60. The number of amides is 2. The summed E-state index contributed by atoms with van der Waals surface area (Å²) in [5.74, 6) is -2.28. The van der Waals surface area contributed by atoms with Gasteiger partial charge >= 0.3 is 5.97 Å². The number of fused-ring (bicyclic) bond motifs is 1. The number of esters is 1. The molecule has 36 heavy (non-hydrogen) atoms. The summed E-state index contributed by atoms with van der Waals surface area (Å²) in [5.41, 5.74) is -0.617. The SMILES string of the molecule is C=CCN(C(=O)[C@H]1N([C@@H](CC)CO)C(=O)[C@@H]2[C@@H](C(=O)OCC)[C@@H]3O[C@@]21CC3Br)c1ccc(OC)cc1. The fourth-order valence-corrected chi connectivity index (χ4v) is 6.97. The Kier molecular flexibility index (Phi) is 7.78. The zero-order chi connectivity index (χ0) is 26.2. The molecular formula is C26H33BrN2O7. The highest BCUT2D eigenvalue weighted by Gasteiger charge is 2.77. The Labute approximate surface area is 219 Å². The Morgan fingerprint density at radius 3 is 2.61 bits per heavy atom. The molecule has 4 rings (SSSR count).